The molecule has 4 heteroatoms. The predicted octanol–water partition coefficient (Wildman–Crippen LogP) is 2.51. The molecule has 1 heterocycles. The summed E-state index contributed by atoms with van der Waals surface area (Å²) in [6, 6.07) is 6.53. The molecule has 0 spiro atoms. The van der Waals surface area contributed by atoms with Gasteiger partial charge in [0.15, 0.2) is 0 Å². The molecule has 0 amide bonds. The van der Waals surface area contributed by atoms with E-state index in [0.717, 1.165) is 23.3 Å². The number of carbonyl (C=O) groups excluding carboxylic acids is 1. The lowest BCUT2D eigenvalue weighted by Crippen LogP contribution is -2.17. The Balaban J connectivity index is 2.30. The standard InChI is InChI=1S/C15H21N3O/c1-10(19)5-7-13(16-3)12-6-8-15-14(9-12)17-11(2)18(15)4/h6,8-9,13,16H,5,7H2,1-4H3. The van der Waals surface area contributed by atoms with Gasteiger partial charge in [-0.2, -0.15) is 0 Å². The van der Waals surface area contributed by atoms with Gasteiger partial charge in [0.2, 0.25) is 0 Å². The summed E-state index contributed by atoms with van der Waals surface area (Å²) < 4.78 is 2.09. The first-order chi connectivity index (χ1) is 9.02. The molecule has 4 nitrogen and oxygen atoms in total. The molecule has 1 atom stereocenters. The molecule has 0 aliphatic rings. The molecule has 0 saturated heterocycles. The Hall–Kier alpha value is -1.68. The Bertz CT molecular complexity index is 601. The predicted molar refractivity (Wildman–Crippen MR) is 77.2 cm³/mol. The molecule has 0 radical (unpaired) electrons. The quantitative estimate of drug-likeness (QED) is 0.897. The number of aryl methyl sites for hydroxylation is 2. The number of ketones is 1. The maximum absolute atomic E-state index is 11.1. The van der Waals surface area contributed by atoms with Gasteiger partial charge in [0, 0.05) is 19.5 Å². The minimum atomic E-state index is 0.204. The Kier molecular flexibility index (Phi) is 4.00. The van der Waals surface area contributed by atoms with Crippen LogP contribution in [0.5, 0.6) is 0 Å². The van der Waals surface area contributed by atoms with Crippen LogP contribution in [0.2, 0.25) is 0 Å². The Morgan fingerprint density at radius 3 is 2.84 bits per heavy atom. The summed E-state index contributed by atoms with van der Waals surface area (Å²) >= 11 is 0. The zero-order chi connectivity index (χ0) is 14.0. The highest BCUT2D eigenvalue weighted by Crippen LogP contribution is 2.23. The van der Waals surface area contributed by atoms with Crippen molar-refractivity contribution in [3.05, 3.63) is 29.6 Å². The lowest BCUT2D eigenvalue weighted by atomic mass is 10.0. The van der Waals surface area contributed by atoms with Crippen molar-refractivity contribution in [3.63, 3.8) is 0 Å². The van der Waals surface area contributed by atoms with E-state index in [0.29, 0.717) is 6.42 Å². The van der Waals surface area contributed by atoms with E-state index in [1.165, 1.54) is 5.56 Å². The fraction of sp³-hybridized carbons (Fsp3) is 0.467. The number of carbonyl (C=O) groups is 1. The topological polar surface area (TPSA) is 46.9 Å². The highest BCUT2D eigenvalue weighted by Gasteiger charge is 2.12. The van der Waals surface area contributed by atoms with Gasteiger partial charge in [-0.05, 0) is 45.0 Å². The first-order valence-electron chi connectivity index (χ1n) is 6.62. The summed E-state index contributed by atoms with van der Waals surface area (Å²) in [5, 5.41) is 3.27. The van der Waals surface area contributed by atoms with E-state index in [1.54, 1.807) is 6.92 Å². The average molecular weight is 259 g/mol. The zero-order valence-corrected chi connectivity index (χ0v) is 12.0. The number of imidazole rings is 1. The Morgan fingerprint density at radius 1 is 1.47 bits per heavy atom. The number of Topliss-reactive ketones (excluding diaryl/α,β-unsaturated/α-hetero) is 1. The number of hydrogen-bond acceptors (Lipinski definition) is 3. The first-order valence-corrected chi connectivity index (χ1v) is 6.62. The van der Waals surface area contributed by atoms with Gasteiger partial charge in [-0.1, -0.05) is 6.07 Å². The van der Waals surface area contributed by atoms with E-state index in [-0.39, 0.29) is 11.8 Å². The second-order valence-electron chi connectivity index (χ2n) is 5.05. The van der Waals surface area contributed by atoms with E-state index < -0.39 is 0 Å². The molecule has 0 fully saturated rings. The van der Waals surface area contributed by atoms with Crippen LogP contribution in [-0.2, 0) is 11.8 Å². The maximum Gasteiger partial charge on any atom is 0.129 e. The SMILES string of the molecule is CNC(CCC(C)=O)c1ccc2c(c1)nc(C)n2C. The third-order valence-corrected chi connectivity index (χ3v) is 3.66. The first kappa shape index (κ1) is 13.7. The summed E-state index contributed by atoms with van der Waals surface area (Å²) in [6.07, 6.45) is 1.42. The summed E-state index contributed by atoms with van der Waals surface area (Å²) in [7, 11) is 3.95. The van der Waals surface area contributed by atoms with Crippen LogP contribution in [0.15, 0.2) is 18.2 Å². The van der Waals surface area contributed by atoms with Gasteiger partial charge >= 0.3 is 0 Å². The third-order valence-electron chi connectivity index (χ3n) is 3.66. The minimum Gasteiger partial charge on any atom is -0.331 e. The number of benzene rings is 1. The van der Waals surface area contributed by atoms with Crippen LogP contribution in [0.1, 0.15) is 37.2 Å². The highest BCUT2D eigenvalue weighted by atomic mass is 16.1. The Morgan fingerprint density at radius 2 is 2.21 bits per heavy atom. The van der Waals surface area contributed by atoms with E-state index in [2.05, 4.69) is 33.1 Å². The molecule has 2 rings (SSSR count). The normalized spacial score (nSPS) is 12.8. The number of nitrogens with zero attached hydrogens (tertiary/aromatic N) is 2. The van der Waals surface area contributed by atoms with Crippen molar-refractivity contribution in [3.8, 4) is 0 Å². The second kappa shape index (κ2) is 5.53. The fourth-order valence-electron chi connectivity index (χ4n) is 2.38. The van der Waals surface area contributed by atoms with Crippen LogP contribution in [0.4, 0.5) is 0 Å². The number of rotatable bonds is 5. The summed E-state index contributed by atoms with van der Waals surface area (Å²) in [4.78, 5) is 15.7. The van der Waals surface area contributed by atoms with Gasteiger partial charge in [0.25, 0.3) is 0 Å². The van der Waals surface area contributed by atoms with Crippen molar-refractivity contribution in [1.29, 1.82) is 0 Å². The van der Waals surface area contributed by atoms with Gasteiger partial charge in [-0.25, -0.2) is 4.98 Å². The van der Waals surface area contributed by atoms with E-state index >= 15 is 0 Å². The van der Waals surface area contributed by atoms with Crippen LogP contribution in [0.25, 0.3) is 11.0 Å². The fourth-order valence-corrected chi connectivity index (χ4v) is 2.38. The second-order valence-corrected chi connectivity index (χ2v) is 5.05. The number of nitrogens with one attached hydrogen (secondary N) is 1. The van der Waals surface area contributed by atoms with Gasteiger partial charge in [-0.15, -0.1) is 0 Å². The molecule has 1 unspecified atom stereocenters. The lowest BCUT2D eigenvalue weighted by molar-refractivity contribution is -0.117. The van der Waals surface area contributed by atoms with Crippen LogP contribution < -0.4 is 5.32 Å². The van der Waals surface area contributed by atoms with Crippen molar-refractivity contribution >= 4 is 16.8 Å². The van der Waals surface area contributed by atoms with Crippen LogP contribution in [-0.4, -0.2) is 22.4 Å². The average Bonchev–Trinajstić information content (AvgIpc) is 2.65. The smallest absolute Gasteiger partial charge is 0.129 e. The van der Waals surface area contributed by atoms with Gasteiger partial charge < -0.3 is 14.7 Å². The van der Waals surface area contributed by atoms with E-state index in [4.69, 9.17) is 0 Å². The molecule has 1 aromatic carbocycles. The number of hydrogen-bond donors (Lipinski definition) is 1. The van der Waals surface area contributed by atoms with E-state index in [1.807, 2.05) is 21.0 Å². The molecule has 102 valence electrons. The molecule has 2 aromatic rings. The zero-order valence-electron chi connectivity index (χ0n) is 12.0. The molecular weight excluding hydrogens is 238 g/mol. The summed E-state index contributed by atoms with van der Waals surface area (Å²) in [5.74, 6) is 1.24. The van der Waals surface area contributed by atoms with Crippen molar-refractivity contribution in [2.24, 2.45) is 7.05 Å². The summed E-state index contributed by atoms with van der Waals surface area (Å²) in [6.45, 7) is 3.64. The van der Waals surface area contributed by atoms with Gasteiger partial charge in [0.1, 0.15) is 11.6 Å². The third kappa shape index (κ3) is 2.84. The monoisotopic (exact) mass is 259 g/mol. The molecule has 0 saturated carbocycles. The van der Waals surface area contributed by atoms with Crippen molar-refractivity contribution < 1.29 is 4.79 Å². The molecule has 0 aliphatic heterocycles. The minimum absolute atomic E-state index is 0.204. The molecule has 1 N–H and O–H groups in total. The van der Waals surface area contributed by atoms with Crippen LogP contribution >= 0.6 is 0 Å². The van der Waals surface area contributed by atoms with E-state index in [9.17, 15) is 4.79 Å². The molecule has 1 aromatic heterocycles. The summed E-state index contributed by atoms with van der Waals surface area (Å²) in [5.41, 5.74) is 3.34. The number of fused-ring (bicyclic) bond motifs is 1. The maximum atomic E-state index is 11.1. The Labute approximate surface area is 113 Å². The van der Waals surface area contributed by atoms with Gasteiger partial charge in [-0.3, -0.25) is 0 Å². The number of aromatic nitrogens is 2. The van der Waals surface area contributed by atoms with Crippen molar-refractivity contribution in [2.45, 2.75) is 32.7 Å². The molecular formula is C15H21N3O. The van der Waals surface area contributed by atoms with Crippen LogP contribution in [0, 0.1) is 6.92 Å². The van der Waals surface area contributed by atoms with Crippen LogP contribution in [0.3, 0.4) is 0 Å². The lowest BCUT2D eigenvalue weighted by Gasteiger charge is -2.15. The molecule has 0 bridgehead atoms. The van der Waals surface area contributed by atoms with Gasteiger partial charge in [0.05, 0.1) is 11.0 Å². The molecule has 0 aliphatic carbocycles. The largest absolute Gasteiger partial charge is 0.331 e. The highest BCUT2D eigenvalue weighted by molar-refractivity contribution is 5.77. The van der Waals surface area contributed by atoms with Crippen molar-refractivity contribution in [1.82, 2.24) is 14.9 Å². The van der Waals surface area contributed by atoms with Crippen molar-refractivity contribution in [2.75, 3.05) is 7.05 Å². The molecule has 19 heavy (non-hydrogen) atoms.